The van der Waals surface area contributed by atoms with Crippen LogP contribution in [0.1, 0.15) is 25.3 Å². The van der Waals surface area contributed by atoms with Gasteiger partial charge in [-0.3, -0.25) is 0 Å². The number of thiocarbonyl (C=S) groups is 1. The number of anilines is 1. The summed E-state index contributed by atoms with van der Waals surface area (Å²) in [6.45, 7) is 3.67. The van der Waals surface area contributed by atoms with E-state index in [1.54, 1.807) is 0 Å². The zero-order valence-corrected chi connectivity index (χ0v) is 15.4. The Kier molecular flexibility index (Phi) is 7.86. The zero-order chi connectivity index (χ0) is 17.2. The molecule has 2 rings (SSSR count). The van der Waals surface area contributed by atoms with E-state index in [1.165, 1.54) is 5.56 Å². The fraction of sp³-hybridized carbons (Fsp3) is 0.316. The van der Waals surface area contributed by atoms with Gasteiger partial charge in [-0.2, -0.15) is 0 Å². The van der Waals surface area contributed by atoms with Crippen molar-refractivity contribution in [2.45, 2.75) is 26.2 Å². The van der Waals surface area contributed by atoms with Crippen LogP contribution in [0, 0.1) is 0 Å². The maximum atomic E-state index is 5.87. The molecule has 0 bridgehead atoms. The number of ether oxygens (including phenoxy) is 1. The van der Waals surface area contributed by atoms with Crippen LogP contribution in [0.25, 0.3) is 0 Å². The van der Waals surface area contributed by atoms with E-state index in [1.807, 2.05) is 42.5 Å². The number of benzene rings is 2. The van der Waals surface area contributed by atoms with Crippen LogP contribution in [0.3, 0.4) is 0 Å². The Morgan fingerprint density at radius 2 is 1.88 bits per heavy atom. The zero-order valence-electron chi connectivity index (χ0n) is 13.8. The fourth-order valence-electron chi connectivity index (χ4n) is 2.25. The standard InChI is InChI=1S/C19H23ClN2OS/c1-2-14-23-18-8-4-3-6-15(18)7-5-13-21-19(24)22-17-11-9-16(20)10-12-17/h3-4,6,8-12H,2,5,7,13-14H2,1H3,(H2,21,22,24). The molecule has 24 heavy (non-hydrogen) atoms. The molecule has 2 N–H and O–H groups in total. The number of aryl methyl sites for hydroxylation is 1. The average molecular weight is 363 g/mol. The summed E-state index contributed by atoms with van der Waals surface area (Å²) >= 11 is 11.2. The van der Waals surface area contributed by atoms with Gasteiger partial charge in [0.2, 0.25) is 0 Å². The van der Waals surface area contributed by atoms with Gasteiger partial charge in [0.25, 0.3) is 0 Å². The molecule has 128 valence electrons. The summed E-state index contributed by atoms with van der Waals surface area (Å²) in [6, 6.07) is 15.7. The van der Waals surface area contributed by atoms with Crippen LogP contribution in [0.5, 0.6) is 5.75 Å². The molecule has 0 aliphatic carbocycles. The van der Waals surface area contributed by atoms with E-state index in [9.17, 15) is 0 Å². The quantitative estimate of drug-likeness (QED) is 0.508. The third-order valence-electron chi connectivity index (χ3n) is 3.44. The molecular formula is C19H23ClN2OS. The second kappa shape index (κ2) is 10.2. The van der Waals surface area contributed by atoms with Crippen molar-refractivity contribution >= 4 is 34.6 Å². The van der Waals surface area contributed by atoms with Gasteiger partial charge in [-0.15, -0.1) is 0 Å². The van der Waals surface area contributed by atoms with Gasteiger partial charge < -0.3 is 15.4 Å². The van der Waals surface area contributed by atoms with Crippen LogP contribution in [-0.2, 0) is 6.42 Å². The van der Waals surface area contributed by atoms with Crippen LogP contribution in [-0.4, -0.2) is 18.3 Å². The van der Waals surface area contributed by atoms with E-state index in [2.05, 4.69) is 23.6 Å². The van der Waals surface area contributed by atoms with Gasteiger partial charge in [0.1, 0.15) is 5.75 Å². The first-order valence-corrected chi connectivity index (χ1v) is 8.99. The molecule has 0 unspecified atom stereocenters. The molecule has 2 aromatic rings. The van der Waals surface area contributed by atoms with Gasteiger partial charge >= 0.3 is 0 Å². The van der Waals surface area contributed by atoms with Gasteiger partial charge in [-0.25, -0.2) is 0 Å². The Bertz CT molecular complexity index is 646. The molecule has 3 nitrogen and oxygen atoms in total. The Morgan fingerprint density at radius 1 is 1.12 bits per heavy atom. The Morgan fingerprint density at radius 3 is 2.62 bits per heavy atom. The lowest BCUT2D eigenvalue weighted by molar-refractivity contribution is 0.314. The summed E-state index contributed by atoms with van der Waals surface area (Å²) in [7, 11) is 0. The van der Waals surface area contributed by atoms with Crippen LogP contribution < -0.4 is 15.4 Å². The van der Waals surface area contributed by atoms with Gasteiger partial charge in [-0.1, -0.05) is 36.7 Å². The molecule has 2 aromatic carbocycles. The molecule has 5 heteroatoms. The van der Waals surface area contributed by atoms with Gasteiger partial charge in [0, 0.05) is 17.3 Å². The molecule has 0 saturated carbocycles. The van der Waals surface area contributed by atoms with Crippen molar-refractivity contribution in [2.24, 2.45) is 0 Å². The lowest BCUT2D eigenvalue weighted by atomic mass is 10.1. The van der Waals surface area contributed by atoms with E-state index in [0.717, 1.165) is 43.9 Å². The van der Waals surface area contributed by atoms with E-state index in [0.29, 0.717) is 10.1 Å². The van der Waals surface area contributed by atoms with Crippen molar-refractivity contribution in [3.63, 3.8) is 0 Å². The van der Waals surface area contributed by atoms with Crippen molar-refractivity contribution in [1.29, 1.82) is 0 Å². The molecular weight excluding hydrogens is 340 g/mol. The first kappa shape index (κ1) is 18.6. The third kappa shape index (κ3) is 6.38. The minimum absolute atomic E-state index is 0.618. The topological polar surface area (TPSA) is 33.3 Å². The fourth-order valence-corrected chi connectivity index (χ4v) is 2.60. The molecule has 0 amide bonds. The smallest absolute Gasteiger partial charge is 0.170 e. The largest absolute Gasteiger partial charge is 0.493 e. The van der Waals surface area contributed by atoms with Crippen molar-refractivity contribution in [1.82, 2.24) is 5.32 Å². The van der Waals surface area contributed by atoms with Crippen molar-refractivity contribution in [3.8, 4) is 5.75 Å². The molecule has 0 aliphatic heterocycles. The Balaban J connectivity index is 1.72. The lowest BCUT2D eigenvalue weighted by Gasteiger charge is -2.12. The van der Waals surface area contributed by atoms with E-state index in [-0.39, 0.29) is 0 Å². The monoisotopic (exact) mass is 362 g/mol. The maximum absolute atomic E-state index is 5.87. The number of nitrogens with one attached hydrogen (secondary N) is 2. The van der Waals surface area contributed by atoms with Crippen molar-refractivity contribution in [2.75, 3.05) is 18.5 Å². The first-order valence-electron chi connectivity index (χ1n) is 8.20. The highest BCUT2D eigenvalue weighted by Crippen LogP contribution is 2.19. The second-order valence-electron chi connectivity index (χ2n) is 5.45. The molecule has 0 spiro atoms. The predicted octanol–water partition coefficient (Wildman–Crippen LogP) is 5.05. The number of halogens is 1. The number of para-hydroxylation sites is 1. The van der Waals surface area contributed by atoms with E-state index >= 15 is 0 Å². The summed E-state index contributed by atoms with van der Waals surface area (Å²) in [5.41, 5.74) is 2.17. The molecule has 0 aromatic heterocycles. The van der Waals surface area contributed by atoms with Crippen LogP contribution in [0.4, 0.5) is 5.69 Å². The molecule has 0 aliphatic rings. The predicted molar refractivity (Wildman–Crippen MR) is 106 cm³/mol. The van der Waals surface area contributed by atoms with Gasteiger partial charge in [-0.05, 0) is 67.4 Å². The average Bonchev–Trinajstić information content (AvgIpc) is 2.60. The van der Waals surface area contributed by atoms with Gasteiger partial charge in [0.05, 0.1) is 6.61 Å². The van der Waals surface area contributed by atoms with E-state index in [4.69, 9.17) is 28.6 Å². The van der Waals surface area contributed by atoms with Crippen LogP contribution >= 0.6 is 23.8 Å². The lowest BCUT2D eigenvalue weighted by Crippen LogP contribution is -2.29. The molecule has 0 radical (unpaired) electrons. The SMILES string of the molecule is CCCOc1ccccc1CCCNC(=S)Nc1ccc(Cl)cc1. The highest BCUT2D eigenvalue weighted by molar-refractivity contribution is 7.80. The van der Waals surface area contributed by atoms with E-state index < -0.39 is 0 Å². The number of hydrogen-bond donors (Lipinski definition) is 2. The highest BCUT2D eigenvalue weighted by Gasteiger charge is 2.03. The second-order valence-corrected chi connectivity index (χ2v) is 6.29. The first-order chi connectivity index (χ1) is 11.7. The normalized spacial score (nSPS) is 10.2. The maximum Gasteiger partial charge on any atom is 0.170 e. The van der Waals surface area contributed by atoms with Gasteiger partial charge in [0.15, 0.2) is 5.11 Å². The summed E-state index contributed by atoms with van der Waals surface area (Å²) in [5, 5.41) is 7.70. The van der Waals surface area contributed by atoms with Crippen LogP contribution in [0.15, 0.2) is 48.5 Å². The van der Waals surface area contributed by atoms with Crippen molar-refractivity contribution in [3.05, 3.63) is 59.1 Å². The Hall–Kier alpha value is -1.78. The number of hydrogen-bond acceptors (Lipinski definition) is 2. The summed E-state index contributed by atoms with van der Waals surface area (Å²) in [6.07, 6.45) is 2.95. The molecule has 0 fully saturated rings. The third-order valence-corrected chi connectivity index (χ3v) is 3.94. The molecule has 0 saturated heterocycles. The minimum atomic E-state index is 0.618. The van der Waals surface area contributed by atoms with Crippen molar-refractivity contribution < 1.29 is 4.74 Å². The molecule has 0 heterocycles. The summed E-state index contributed by atoms with van der Waals surface area (Å²) in [5.74, 6) is 0.987. The van der Waals surface area contributed by atoms with Crippen LogP contribution in [0.2, 0.25) is 5.02 Å². The number of rotatable bonds is 8. The minimum Gasteiger partial charge on any atom is -0.493 e. The highest BCUT2D eigenvalue weighted by atomic mass is 35.5. The molecule has 0 atom stereocenters. The Labute approximate surface area is 154 Å². The summed E-state index contributed by atoms with van der Waals surface area (Å²) < 4.78 is 5.78. The summed E-state index contributed by atoms with van der Waals surface area (Å²) in [4.78, 5) is 0.